The predicted molar refractivity (Wildman–Crippen MR) is 57.3 cm³/mol. The maximum absolute atomic E-state index is 11.3. The first-order chi connectivity index (χ1) is 8.08. The van der Waals surface area contributed by atoms with Crippen LogP contribution in [0.4, 0.5) is 4.79 Å². The average molecular weight is 242 g/mol. The molecule has 1 atom stereocenters. The highest BCUT2D eigenvalue weighted by Gasteiger charge is 2.16. The summed E-state index contributed by atoms with van der Waals surface area (Å²) in [5.41, 5.74) is 0. The van der Waals surface area contributed by atoms with Gasteiger partial charge in [-0.2, -0.15) is 0 Å². The lowest BCUT2D eigenvalue weighted by Crippen LogP contribution is -2.47. The van der Waals surface area contributed by atoms with Gasteiger partial charge >= 0.3 is 12.0 Å². The van der Waals surface area contributed by atoms with E-state index in [2.05, 4.69) is 5.32 Å². The summed E-state index contributed by atoms with van der Waals surface area (Å²) in [6, 6.07) is -0.763. The van der Waals surface area contributed by atoms with Crippen molar-refractivity contribution in [1.82, 2.24) is 10.6 Å². The van der Waals surface area contributed by atoms with Crippen molar-refractivity contribution in [1.29, 1.82) is 0 Å². The van der Waals surface area contributed by atoms with Crippen LogP contribution >= 0.6 is 0 Å². The number of carbonyl (C=O) groups excluding carboxylic acids is 2. The number of nitrogens with one attached hydrogen (secondary N) is 2. The first-order valence-electron chi connectivity index (χ1n) is 5.18. The van der Waals surface area contributed by atoms with Gasteiger partial charge in [-0.15, -0.1) is 0 Å². The lowest BCUT2D eigenvalue weighted by molar-refractivity contribution is -0.131. The van der Waals surface area contributed by atoms with E-state index in [1.165, 1.54) is 0 Å². The molecule has 0 aliphatic carbocycles. The summed E-state index contributed by atoms with van der Waals surface area (Å²) in [5, 5.41) is 12.8. The van der Waals surface area contributed by atoms with Crippen molar-refractivity contribution >= 4 is 17.9 Å². The van der Waals surface area contributed by atoms with E-state index in [4.69, 9.17) is 9.84 Å². The molecular weight excluding hydrogens is 228 g/mol. The number of carbonyl (C=O) groups is 3. The zero-order chi connectivity index (χ0) is 12.7. The van der Waals surface area contributed by atoms with Crippen molar-refractivity contribution in [3.8, 4) is 0 Å². The molecule has 94 valence electrons. The number of urea groups is 1. The van der Waals surface area contributed by atoms with Crippen LogP contribution in [0.5, 0.6) is 0 Å². The standard InChI is InChI=1S/C10H14N2O5/c13-8(3-4-9(14)15)12-10(16)11-7-2-1-5-17-6-7/h3-4,7H,1-2,5-6H2,(H,14,15)(H2,11,12,13,16)/b4-3+. The Morgan fingerprint density at radius 2 is 2.06 bits per heavy atom. The molecule has 0 aromatic heterocycles. The second-order valence-corrected chi connectivity index (χ2v) is 3.55. The summed E-state index contributed by atoms with van der Waals surface area (Å²) in [7, 11) is 0. The third-order valence-electron chi connectivity index (χ3n) is 2.11. The van der Waals surface area contributed by atoms with Crippen molar-refractivity contribution in [2.45, 2.75) is 18.9 Å². The normalized spacial score (nSPS) is 19.9. The molecule has 1 saturated heterocycles. The van der Waals surface area contributed by atoms with Crippen LogP contribution in [0.3, 0.4) is 0 Å². The Bertz CT molecular complexity index is 334. The fourth-order valence-electron chi connectivity index (χ4n) is 1.38. The fourth-order valence-corrected chi connectivity index (χ4v) is 1.38. The van der Waals surface area contributed by atoms with Gasteiger partial charge in [0.1, 0.15) is 0 Å². The van der Waals surface area contributed by atoms with Crippen molar-refractivity contribution in [3.63, 3.8) is 0 Å². The van der Waals surface area contributed by atoms with Gasteiger partial charge in [-0.25, -0.2) is 9.59 Å². The first kappa shape index (κ1) is 13.2. The molecule has 17 heavy (non-hydrogen) atoms. The van der Waals surface area contributed by atoms with Crippen molar-refractivity contribution in [2.24, 2.45) is 0 Å². The molecule has 3 N–H and O–H groups in total. The zero-order valence-corrected chi connectivity index (χ0v) is 9.14. The van der Waals surface area contributed by atoms with Gasteiger partial charge < -0.3 is 15.2 Å². The van der Waals surface area contributed by atoms with E-state index in [9.17, 15) is 14.4 Å². The molecule has 1 aliphatic heterocycles. The van der Waals surface area contributed by atoms with Crippen LogP contribution in [-0.4, -0.2) is 42.3 Å². The lowest BCUT2D eigenvalue weighted by Gasteiger charge is -2.22. The summed E-state index contributed by atoms with van der Waals surface area (Å²) in [6.07, 6.45) is 3.09. The number of hydrogen-bond donors (Lipinski definition) is 3. The first-order valence-corrected chi connectivity index (χ1v) is 5.18. The Kier molecular flexibility index (Phi) is 5.15. The van der Waals surface area contributed by atoms with Gasteiger partial charge in [-0.3, -0.25) is 10.1 Å². The molecule has 1 fully saturated rings. The van der Waals surface area contributed by atoms with Gasteiger partial charge in [0.15, 0.2) is 0 Å². The van der Waals surface area contributed by atoms with E-state index in [-0.39, 0.29) is 6.04 Å². The van der Waals surface area contributed by atoms with Gasteiger partial charge in [0.05, 0.1) is 12.6 Å². The lowest BCUT2D eigenvalue weighted by atomic mass is 10.1. The van der Waals surface area contributed by atoms with Crippen molar-refractivity contribution < 1.29 is 24.2 Å². The number of carboxylic acid groups (broad SMARTS) is 1. The number of ether oxygens (including phenoxy) is 1. The SMILES string of the molecule is O=C(O)/C=C/C(=O)NC(=O)NC1CCCOC1. The zero-order valence-electron chi connectivity index (χ0n) is 9.14. The molecule has 0 aromatic carbocycles. The second kappa shape index (κ2) is 6.64. The van der Waals surface area contributed by atoms with E-state index >= 15 is 0 Å². The molecular formula is C10H14N2O5. The third kappa shape index (κ3) is 5.67. The maximum Gasteiger partial charge on any atom is 0.328 e. The molecule has 1 rings (SSSR count). The molecule has 1 unspecified atom stereocenters. The maximum atomic E-state index is 11.3. The largest absolute Gasteiger partial charge is 0.478 e. The molecule has 7 heteroatoms. The molecule has 0 radical (unpaired) electrons. The highest BCUT2D eigenvalue weighted by Crippen LogP contribution is 2.05. The number of carboxylic acids is 1. The van der Waals surface area contributed by atoms with Crippen LogP contribution < -0.4 is 10.6 Å². The van der Waals surface area contributed by atoms with Gasteiger partial charge in [0.2, 0.25) is 0 Å². The Hall–Kier alpha value is -1.89. The Balaban J connectivity index is 2.28. The number of aliphatic carboxylic acids is 1. The van der Waals surface area contributed by atoms with Crippen LogP contribution in [-0.2, 0) is 14.3 Å². The van der Waals surface area contributed by atoms with Crippen LogP contribution in [0.25, 0.3) is 0 Å². The van der Waals surface area contributed by atoms with E-state index in [0.29, 0.717) is 19.3 Å². The van der Waals surface area contributed by atoms with Crippen molar-refractivity contribution in [2.75, 3.05) is 13.2 Å². The molecule has 7 nitrogen and oxygen atoms in total. The van der Waals surface area contributed by atoms with Gasteiger partial charge in [0.25, 0.3) is 5.91 Å². The van der Waals surface area contributed by atoms with E-state index in [1.807, 2.05) is 5.32 Å². The number of hydrogen-bond acceptors (Lipinski definition) is 4. The Labute approximate surface area is 97.8 Å². The molecule has 1 aliphatic rings. The number of amides is 3. The van der Waals surface area contributed by atoms with Crippen LogP contribution in [0.15, 0.2) is 12.2 Å². The summed E-state index contributed by atoms with van der Waals surface area (Å²) >= 11 is 0. The molecule has 0 spiro atoms. The Morgan fingerprint density at radius 3 is 2.65 bits per heavy atom. The topological polar surface area (TPSA) is 105 Å². The van der Waals surface area contributed by atoms with E-state index < -0.39 is 17.9 Å². The molecule has 1 heterocycles. The minimum atomic E-state index is -1.25. The molecule has 0 bridgehead atoms. The minimum absolute atomic E-state index is 0.111. The Morgan fingerprint density at radius 1 is 1.29 bits per heavy atom. The summed E-state index contributed by atoms with van der Waals surface area (Å²) in [5.74, 6) is -2.03. The molecule has 0 saturated carbocycles. The van der Waals surface area contributed by atoms with E-state index in [1.54, 1.807) is 0 Å². The van der Waals surface area contributed by atoms with Gasteiger partial charge in [0, 0.05) is 18.8 Å². The highest BCUT2D eigenvalue weighted by atomic mass is 16.5. The average Bonchev–Trinajstić information content (AvgIpc) is 2.27. The van der Waals surface area contributed by atoms with Crippen LogP contribution in [0.1, 0.15) is 12.8 Å². The fraction of sp³-hybridized carbons (Fsp3) is 0.500. The van der Waals surface area contributed by atoms with E-state index in [0.717, 1.165) is 18.9 Å². The summed E-state index contributed by atoms with van der Waals surface area (Å²) < 4.78 is 5.15. The predicted octanol–water partition coefficient (Wildman–Crippen LogP) is -0.368. The quantitative estimate of drug-likeness (QED) is 0.586. The number of imide groups is 1. The smallest absolute Gasteiger partial charge is 0.328 e. The summed E-state index contributed by atoms with van der Waals surface area (Å²) in [4.78, 5) is 32.5. The summed E-state index contributed by atoms with van der Waals surface area (Å²) in [6.45, 7) is 1.10. The minimum Gasteiger partial charge on any atom is -0.478 e. The third-order valence-corrected chi connectivity index (χ3v) is 2.11. The van der Waals surface area contributed by atoms with Crippen LogP contribution in [0, 0.1) is 0 Å². The molecule has 0 aromatic rings. The number of rotatable bonds is 3. The monoisotopic (exact) mass is 242 g/mol. The van der Waals surface area contributed by atoms with Crippen molar-refractivity contribution in [3.05, 3.63) is 12.2 Å². The van der Waals surface area contributed by atoms with Gasteiger partial charge in [-0.1, -0.05) is 0 Å². The van der Waals surface area contributed by atoms with Gasteiger partial charge in [-0.05, 0) is 12.8 Å². The highest BCUT2D eigenvalue weighted by molar-refractivity contribution is 6.02. The molecule has 3 amide bonds. The van der Waals surface area contributed by atoms with Crippen LogP contribution in [0.2, 0.25) is 0 Å². The second-order valence-electron chi connectivity index (χ2n) is 3.55.